The van der Waals surface area contributed by atoms with Crippen LogP contribution in [0.5, 0.6) is 5.75 Å². The van der Waals surface area contributed by atoms with Crippen molar-refractivity contribution in [2.45, 2.75) is 58.9 Å². The van der Waals surface area contributed by atoms with E-state index in [2.05, 4.69) is 42.4 Å². The minimum Gasteiger partial charge on any atom is -0.490 e. The molecule has 0 bridgehead atoms. The zero-order valence-corrected chi connectivity index (χ0v) is 20.0. The minimum absolute atomic E-state index is 0.0154. The molecule has 5 rings (SSSR count). The lowest BCUT2D eigenvalue weighted by molar-refractivity contribution is -0.129. The van der Waals surface area contributed by atoms with Gasteiger partial charge in [0.1, 0.15) is 11.8 Å². The van der Waals surface area contributed by atoms with E-state index < -0.39 is 6.23 Å². The quantitative estimate of drug-likeness (QED) is 0.692. The van der Waals surface area contributed by atoms with Crippen LogP contribution in [0.4, 0.5) is 0 Å². The van der Waals surface area contributed by atoms with E-state index in [0.717, 1.165) is 24.1 Å². The summed E-state index contributed by atoms with van der Waals surface area (Å²) in [6.45, 7) is 8.95. The maximum absolute atomic E-state index is 12.6. The summed E-state index contributed by atoms with van der Waals surface area (Å²) in [5, 5.41) is 9.56. The fourth-order valence-electron chi connectivity index (χ4n) is 5.36. The van der Waals surface area contributed by atoms with Gasteiger partial charge < -0.3 is 9.64 Å². The van der Waals surface area contributed by atoms with Crippen LogP contribution in [0.25, 0.3) is 0 Å². The Morgan fingerprint density at radius 1 is 1.24 bits per heavy atom. The number of ether oxygens (including phenoxy) is 1. The number of amidine groups is 1. The number of carbonyl (C=O) groups excluding carboxylic acids is 1. The predicted molar refractivity (Wildman–Crippen MR) is 128 cm³/mol. The van der Waals surface area contributed by atoms with Gasteiger partial charge in [-0.3, -0.25) is 4.79 Å². The van der Waals surface area contributed by atoms with Gasteiger partial charge in [0, 0.05) is 24.1 Å². The highest BCUT2D eigenvalue weighted by atomic mass is 16.7. The van der Waals surface area contributed by atoms with Crippen molar-refractivity contribution in [3.63, 3.8) is 0 Å². The third kappa shape index (κ3) is 3.92. The molecule has 1 aliphatic carbocycles. The molecule has 0 aromatic heterocycles. The Labute approximate surface area is 200 Å². The van der Waals surface area contributed by atoms with E-state index in [1.807, 2.05) is 26.0 Å². The zero-order chi connectivity index (χ0) is 24.0. The predicted octanol–water partition coefficient (Wildman–Crippen LogP) is 4.43. The number of aliphatic imine (C=N–C) groups is 1. The molecule has 1 amide bonds. The maximum Gasteiger partial charge on any atom is 0.223 e. The van der Waals surface area contributed by atoms with Gasteiger partial charge in [0.25, 0.3) is 0 Å². The summed E-state index contributed by atoms with van der Waals surface area (Å²) in [5.74, 6) is 2.25. The van der Waals surface area contributed by atoms with Gasteiger partial charge in [0.15, 0.2) is 5.84 Å². The summed E-state index contributed by atoms with van der Waals surface area (Å²) >= 11 is 0. The highest BCUT2D eigenvalue weighted by Crippen LogP contribution is 2.48. The molecular formula is C27H30N4O3. The van der Waals surface area contributed by atoms with Crippen LogP contribution in [-0.2, 0) is 16.1 Å². The van der Waals surface area contributed by atoms with Gasteiger partial charge in [0.2, 0.25) is 12.1 Å². The molecule has 2 aromatic rings. The van der Waals surface area contributed by atoms with Crippen molar-refractivity contribution in [1.29, 1.82) is 5.26 Å². The molecule has 1 N–H and O–H groups in total. The van der Waals surface area contributed by atoms with Gasteiger partial charge in [-0.15, -0.1) is 0 Å². The highest BCUT2D eigenvalue weighted by molar-refractivity contribution is 6.01. The van der Waals surface area contributed by atoms with Crippen LogP contribution < -0.4 is 10.2 Å². The molecule has 1 saturated heterocycles. The molecule has 1 fully saturated rings. The molecule has 7 nitrogen and oxygen atoms in total. The van der Waals surface area contributed by atoms with E-state index >= 15 is 0 Å². The summed E-state index contributed by atoms with van der Waals surface area (Å²) < 4.78 is 5.73. The lowest BCUT2D eigenvalue weighted by atomic mass is 10.0. The molecule has 176 valence electrons. The molecule has 0 radical (unpaired) electrons. The van der Waals surface area contributed by atoms with Crippen molar-refractivity contribution in [3.8, 4) is 11.8 Å². The van der Waals surface area contributed by atoms with Gasteiger partial charge in [-0.25, -0.2) is 15.3 Å². The van der Waals surface area contributed by atoms with Gasteiger partial charge in [-0.05, 0) is 55.4 Å². The second-order valence-corrected chi connectivity index (χ2v) is 10.0. The molecule has 3 unspecified atom stereocenters. The molecule has 0 saturated carbocycles. The second-order valence-electron chi connectivity index (χ2n) is 10.0. The Morgan fingerprint density at radius 3 is 2.79 bits per heavy atom. The van der Waals surface area contributed by atoms with Crippen molar-refractivity contribution in [3.05, 3.63) is 64.2 Å². The van der Waals surface area contributed by atoms with Crippen molar-refractivity contribution >= 4 is 11.7 Å². The van der Waals surface area contributed by atoms with Crippen LogP contribution in [0.3, 0.4) is 0 Å². The van der Waals surface area contributed by atoms with Crippen LogP contribution in [0.2, 0.25) is 0 Å². The number of nitriles is 1. The summed E-state index contributed by atoms with van der Waals surface area (Å²) in [6.07, 6.45) is 0.901. The molecular weight excluding hydrogens is 428 g/mol. The average molecular weight is 459 g/mol. The summed E-state index contributed by atoms with van der Waals surface area (Å²) in [5.41, 5.74) is 7.74. The van der Waals surface area contributed by atoms with Gasteiger partial charge >= 0.3 is 0 Å². The molecule has 3 aliphatic rings. The van der Waals surface area contributed by atoms with Crippen molar-refractivity contribution in [2.24, 2.45) is 16.8 Å². The largest absolute Gasteiger partial charge is 0.490 e. The first-order valence-electron chi connectivity index (χ1n) is 12.0. The van der Waals surface area contributed by atoms with E-state index in [1.54, 1.807) is 12.1 Å². The standard InChI is InChI=1S/C27H30N4O3/c1-15(2)14-31-24(32)12-18-11-22-20(25(18)31)6-5-7-21(22)26-29-27(34-30-26)17-8-9-23(33-16(3)4)19(10-17)13-28/h5-10,15-16,18,25,27H,11-12,14H2,1-4H3,(H,29,30). The molecule has 2 aliphatic heterocycles. The lowest BCUT2D eigenvalue weighted by Crippen LogP contribution is -2.31. The number of rotatable bonds is 6. The Hall–Kier alpha value is -3.37. The van der Waals surface area contributed by atoms with E-state index in [-0.39, 0.29) is 18.1 Å². The number of carbonyl (C=O) groups is 1. The van der Waals surface area contributed by atoms with E-state index in [9.17, 15) is 10.1 Å². The summed E-state index contributed by atoms with van der Waals surface area (Å²) in [4.78, 5) is 25.3. The number of amides is 1. The first kappa shape index (κ1) is 22.4. The van der Waals surface area contributed by atoms with Crippen LogP contribution in [-0.4, -0.2) is 29.3 Å². The number of benzene rings is 2. The molecule has 0 spiro atoms. The smallest absolute Gasteiger partial charge is 0.223 e. The first-order chi connectivity index (χ1) is 16.4. The first-order valence-corrected chi connectivity index (χ1v) is 12.0. The third-order valence-electron chi connectivity index (χ3n) is 6.64. The number of hydroxylamine groups is 1. The van der Waals surface area contributed by atoms with E-state index in [0.29, 0.717) is 35.4 Å². The minimum atomic E-state index is -0.550. The number of hydrogen-bond donors (Lipinski definition) is 1. The number of nitrogens with zero attached hydrogens (tertiary/aromatic N) is 3. The normalized spacial score (nSPS) is 23.1. The topological polar surface area (TPSA) is 87.0 Å². The SMILES string of the molecule is CC(C)CN1C(=O)CC2Cc3c(C4=NC(c5ccc(OC(C)C)c(C#N)c5)ON4)cccc3C21. The van der Waals surface area contributed by atoms with Gasteiger partial charge in [-0.2, -0.15) is 5.26 Å². The summed E-state index contributed by atoms with van der Waals surface area (Å²) in [6, 6.07) is 14.0. The number of likely N-dealkylation sites (tertiary alicyclic amines) is 1. The van der Waals surface area contributed by atoms with Gasteiger partial charge in [0.05, 0.1) is 17.7 Å². The van der Waals surface area contributed by atoms with Crippen molar-refractivity contribution in [2.75, 3.05) is 6.54 Å². The van der Waals surface area contributed by atoms with Crippen LogP contribution >= 0.6 is 0 Å². The second kappa shape index (κ2) is 8.77. The number of fused-ring (bicyclic) bond motifs is 3. The average Bonchev–Trinajstić information content (AvgIpc) is 3.48. The Kier molecular flexibility index (Phi) is 5.78. The fraction of sp³-hybridized carbons (Fsp3) is 0.444. The zero-order valence-electron chi connectivity index (χ0n) is 20.0. The molecule has 3 atom stereocenters. The maximum atomic E-state index is 12.6. The van der Waals surface area contributed by atoms with Crippen molar-refractivity contribution < 1.29 is 14.4 Å². The number of hydrogen-bond acceptors (Lipinski definition) is 6. The van der Waals surface area contributed by atoms with E-state index in [1.165, 1.54) is 11.1 Å². The molecule has 2 aromatic carbocycles. The Bertz CT molecular complexity index is 1200. The molecule has 2 heterocycles. The van der Waals surface area contributed by atoms with Crippen molar-refractivity contribution in [1.82, 2.24) is 10.4 Å². The third-order valence-corrected chi connectivity index (χ3v) is 6.64. The fourth-order valence-corrected chi connectivity index (χ4v) is 5.36. The Morgan fingerprint density at radius 2 is 2.06 bits per heavy atom. The molecule has 34 heavy (non-hydrogen) atoms. The lowest BCUT2D eigenvalue weighted by Gasteiger charge is -2.27. The van der Waals surface area contributed by atoms with Crippen LogP contribution in [0.15, 0.2) is 41.4 Å². The van der Waals surface area contributed by atoms with Gasteiger partial charge in [-0.1, -0.05) is 38.1 Å². The highest BCUT2D eigenvalue weighted by Gasteiger charge is 2.46. The van der Waals surface area contributed by atoms with E-state index in [4.69, 9.17) is 14.6 Å². The number of nitrogens with one attached hydrogen (secondary N) is 1. The Balaban J connectivity index is 1.43. The van der Waals surface area contributed by atoms with Crippen LogP contribution in [0, 0.1) is 23.2 Å². The molecule has 7 heteroatoms. The summed E-state index contributed by atoms with van der Waals surface area (Å²) in [7, 11) is 0. The monoisotopic (exact) mass is 458 g/mol. The van der Waals surface area contributed by atoms with Crippen LogP contribution in [0.1, 0.15) is 74.2 Å².